The molecule has 0 aliphatic rings. The first-order chi connectivity index (χ1) is 9.93. The molecule has 0 aliphatic carbocycles. The van der Waals surface area contributed by atoms with Gasteiger partial charge in [-0.05, 0) is 37.5 Å². The van der Waals surface area contributed by atoms with Crippen molar-refractivity contribution in [3.8, 4) is 0 Å². The van der Waals surface area contributed by atoms with Gasteiger partial charge in [0.05, 0.1) is 12.6 Å². The van der Waals surface area contributed by atoms with Gasteiger partial charge in [-0.1, -0.05) is 37.6 Å². The van der Waals surface area contributed by atoms with E-state index in [0.717, 1.165) is 18.1 Å². The number of hydrogen-bond acceptors (Lipinski definition) is 2. The maximum atomic E-state index is 10.2. The van der Waals surface area contributed by atoms with Crippen LogP contribution in [0.15, 0.2) is 29.3 Å². The molecule has 0 aromatic heterocycles. The maximum absolute atomic E-state index is 10.2. The summed E-state index contributed by atoms with van der Waals surface area (Å²) in [5, 5.41) is 17.4. The van der Waals surface area contributed by atoms with E-state index in [-0.39, 0.29) is 24.0 Å². The minimum absolute atomic E-state index is 0. The van der Waals surface area contributed by atoms with Crippen molar-refractivity contribution in [2.45, 2.75) is 39.8 Å². The number of nitrogens with one attached hydrogen (secondary N) is 2. The van der Waals surface area contributed by atoms with Gasteiger partial charge in [-0.3, -0.25) is 4.99 Å². The fourth-order valence-corrected chi connectivity index (χ4v) is 1.80. The van der Waals surface area contributed by atoms with Gasteiger partial charge in [0.15, 0.2) is 5.96 Å². The number of guanidine groups is 1. The van der Waals surface area contributed by atoms with Crippen LogP contribution < -0.4 is 10.6 Å². The molecule has 0 spiro atoms. The lowest BCUT2D eigenvalue weighted by Gasteiger charge is -2.21. The van der Waals surface area contributed by atoms with Crippen molar-refractivity contribution < 1.29 is 5.11 Å². The Morgan fingerprint density at radius 3 is 2.32 bits per heavy atom. The van der Waals surface area contributed by atoms with E-state index in [1.54, 1.807) is 12.1 Å². The summed E-state index contributed by atoms with van der Waals surface area (Å²) in [4.78, 5) is 4.45. The Hall–Kier alpha value is -0.530. The molecule has 2 atom stereocenters. The summed E-state index contributed by atoms with van der Waals surface area (Å²) >= 11 is 5.84. The van der Waals surface area contributed by atoms with E-state index in [0.29, 0.717) is 23.5 Å². The van der Waals surface area contributed by atoms with E-state index in [2.05, 4.69) is 36.4 Å². The maximum Gasteiger partial charge on any atom is 0.191 e. The molecular weight excluding hydrogens is 413 g/mol. The number of halogens is 2. The molecule has 22 heavy (non-hydrogen) atoms. The minimum Gasteiger partial charge on any atom is -0.386 e. The quantitative estimate of drug-likeness (QED) is 0.361. The average Bonchev–Trinajstić information content (AvgIpc) is 2.45. The van der Waals surface area contributed by atoms with Crippen molar-refractivity contribution in [3.63, 3.8) is 0 Å². The van der Waals surface area contributed by atoms with Crippen LogP contribution in [0.25, 0.3) is 0 Å². The Morgan fingerprint density at radius 1 is 1.23 bits per heavy atom. The zero-order chi connectivity index (χ0) is 15.8. The first kappa shape index (κ1) is 21.5. The van der Waals surface area contributed by atoms with Crippen LogP contribution in [-0.4, -0.2) is 30.2 Å². The second-order valence-electron chi connectivity index (χ2n) is 5.46. The number of benzene rings is 1. The van der Waals surface area contributed by atoms with Gasteiger partial charge >= 0.3 is 0 Å². The monoisotopic (exact) mass is 439 g/mol. The van der Waals surface area contributed by atoms with E-state index in [1.165, 1.54) is 0 Å². The molecular formula is C16H27ClIN3O. The summed E-state index contributed by atoms with van der Waals surface area (Å²) in [5.74, 6) is 1.24. The van der Waals surface area contributed by atoms with Gasteiger partial charge < -0.3 is 15.7 Å². The summed E-state index contributed by atoms with van der Waals surface area (Å²) in [6, 6.07) is 7.50. The predicted octanol–water partition coefficient (Wildman–Crippen LogP) is 3.59. The summed E-state index contributed by atoms with van der Waals surface area (Å²) in [6.07, 6.45) is -0.632. The summed E-state index contributed by atoms with van der Waals surface area (Å²) in [6.45, 7) is 9.54. The average molecular weight is 440 g/mol. The van der Waals surface area contributed by atoms with Crippen molar-refractivity contribution in [3.05, 3.63) is 34.9 Å². The second-order valence-corrected chi connectivity index (χ2v) is 5.90. The summed E-state index contributed by atoms with van der Waals surface area (Å²) in [5.41, 5.74) is 0.816. The van der Waals surface area contributed by atoms with Crippen LogP contribution in [0.1, 0.15) is 39.4 Å². The van der Waals surface area contributed by atoms with E-state index in [9.17, 15) is 5.11 Å². The van der Waals surface area contributed by atoms with Crippen LogP contribution in [0.4, 0.5) is 0 Å². The van der Waals surface area contributed by atoms with Gasteiger partial charge in [-0.2, -0.15) is 0 Å². The molecule has 4 nitrogen and oxygen atoms in total. The molecule has 0 saturated carbocycles. The lowest BCUT2D eigenvalue weighted by Crippen LogP contribution is -2.44. The van der Waals surface area contributed by atoms with Crippen LogP contribution in [0.2, 0.25) is 5.02 Å². The van der Waals surface area contributed by atoms with Crippen molar-refractivity contribution in [1.29, 1.82) is 0 Å². The second kappa shape index (κ2) is 11.1. The molecule has 6 heteroatoms. The normalized spacial score (nSPS) is 14.2. The van der Waals surface area contributed by atoms with Gasteiger partial charge in [0.2, 0.25) is 0 Å². The van der Waals surface area contributed by atoms with Gasteiger partial charge in [-0.15, -0.1) is 24.0 Å². The Labute approximate surface area is 155 Å². The molecule has 0 fully saturated rings. The van der Waals surface area contributed by atoms with Crippen LogP contribution >= 0.6 is 35.6 Å². The molecule has 0 radical (unpaired) electrons. The van der Waals surface area contributed by atoms with E-state index >= 15 is 0 Å². The lowest BCUT2D eigenvalue weighted by molar-refractivity contribution is 0.187. The predicted molar refractivity (Wildman–Crippen MR) is 105 cm³/mol. The number of aliphatic hydroxyl groups excluding tert-OH is 1. The Morgan fingerprint density at radius 2 is 1.82 bits per heavy atom. The van der Waals surface area contributed by atoms with Crippen LogP contribution in [0.3, 0.4) is 0 Å². The van der Waals surface area contributed by atoms with Gasteiger partial charge in [0.25, 0.3) is 0 Å². The third kappa shape index (κ3) is 7.65. The van der Waals surface area contributed by atoms with Crippen molar-refractivity contribution in [2.75, 3.05) is 13.1 Å². The summed E-state index contributed by atoms with van der Waals surface area (Å²) < 4.78 is 0. The molecule has 0 bridgehead atoms. The number of aliphatic hydroxyl groups is 1. The van der Waals surface area contributed by atoms with Gasteiger partial charge in [0, 0.05) is 17.6 Å². The molecule has 1 aromatic carbocycles. The molecule has 0 heterocycles. The van der Waals surface area contributed by atoms with Crippen LogP contribution in [-0.2, 0) is 0 Å². The number of rotatable bonds is 6. The van der Waals surface area contributed by atoms with E-state index in [1.807, 2.05) is 19.1 Å². The van der Waals surface area contributed by atoms with E-state index in [4.69, 9.17) is 11.6 Å². The fourth-order valence-electron chi connectivity index (χ4n) is 1.67. The number of nitrogens with zero attached hydrogens (tertiary/aromatic N) is 1. The molecule has 0 aliphatic heterocycles. The molecule has 0 saturated heterocycles. The molecule has 126 valence electrons. The largest absolute Gasteiger partial charge is 0.386 e. The highest BCUT2D eigenvalue weighted by atomic mass is 127. The first-order valence-corrected chi connectivity index (χ1v) is 7.80. The van der Waals surface area contributed by atoms with Crippen molar-refractivity contribution in [1.82, 2.24) is 10.6 Å². The molecule has 3 N–H and O–H groups in total. The third-order valence-corrected chi connectivity index (χ3v) is 3.64. The zero-order valence-electron chi connectivity index (χ0n) is 13.6. The lowest BCUT2D eigenvalue weighted by atomic mass is 10.1. The SMILES string of the molecule is CCNC(=NCC(O)c1ccc(Cl)cc1)NC(C)C(C)C.I. The Kier molecular flexibility index (Phi) is 10.8. The Bertz CT molecular complexity index is 451. The standard InChI is InChI=1S/C16H26ClN3O.HI/c1-5-18-16(20-12(4)11(2)3)19-10-15(21)13-6-8-14(17)9-7-13;/h6-9,11-12,15,21H,5,10H2,1-4H3,(H2,18,19,20);1H. The van der Waals surface area contributed by atoms with Crippen molar-refractivity contribution in [2.24, 2.45) is 10.9 Å². The first-order valence-electron chi connectivity index (χ1n) is 7.42. The molecule has 1 rings (SSSR count). The minimum atomic E-state index is -0.632. The molecule has 2 unspecified atom stereocenters. The highest BCUT2D eigenvalue weighted by Gasteiger charge is 2.11. The highest BCUT2D eigenvalue weighted by molar-refractivity contribution is 14.0. The summed E-state index contributed by atoms with van der Waals surface area (Å²) in [7, 11) is 0. The van der Waals surface area contributed by atoms with Crippen LogP contribution in [0.5, 0.6) is 0 Å². The Balaban J connectivity index is 0.00000441. The van der Waals surface area contributed by atoms with Gasteiger partial charge in [0.1, 0.15) is 0 Å². The topological polar surface area (TPSA) is 56.7 Å². The molecule has 0 amide bonds. The highest BCUT2D eigenvalue weighted by Crippen LogP contribution is 2.16. The molecule has 1 aromatic rings. The van der Waals surface area contributed by atoms with E-state index < -0.39 is 6.10 Å². The number of aliphatic imine (C=N–C) groups is 1. The van der Waals surface area contributed by atoms with Crippen LogP contribution in [0, 0.1) is 5.92 Å². The number of hydrogen-bond donors (Lipinski definition) is 3. The fraction of sp³-hybridized carbons (Fsp3) is 0.562. The van der Waals surface area contributed by atoms with Crippen molar-refractivity contribution >= 4 is 41.5 Å². The smallest absolute Gasteiger partial charge is 0.191 e. The van der Waals surface area contributed by atoms with Gasteiger partial charge in [-0.25, -0.2) is 0 Å². The third-order valence-electron chi connectivity index (χ3n) is 3.39. The zero-order valence-corrected chi connectivity index (χ0v) is 16.7.